The molecule has 1 aliphatic carbocycles. The van der Waals surface area contributed by atoms with Gasteiger partial charge in [0.25, 0.3) is 0 Å². The summed E-state index contributed by atoms with van der Waals surface area (Å²) in [4.78, 5) is 0. The van der Waals surface area contributed by atoms with Gasteiger partial charge in [-0.1, -0.05) is 30.2 Å². The van der Waals surface area contributed by atoms with E-state index in [0.717, 1.165) is 32.1 Å². The molecular formula is C18H30O2. The van der Waals surface area contributed by atoms with Crippen molar-refractivity contribution in [1.29, 1.82) is 0 Å². The summed E-state index contributed by atoms with van der Waals surface area (Å²) < 4.78 is 5.83. The highest BCUT2D eigenvalue weighted by Crippen LogP contribution is 2.38. The van der Waals surface area contributed by atoms with Crippen molar-refractivity contribution < 1.29 is 9.84 Å². The lowest BCUT2D eigenvalue weighted by Gasteiger charge is -2.20. The molecule has 1 saturated heterocycles. The summed E-state index contributed by atoms with van der Waals surface area (Å²) in [6.07, 6.45) is 12.3. The van der Waals surface area contributed by atoms with Crippen LogP contribution in [0.1, 0.15) is 59.3 Å². The Kier molecular flexibility index (Phi) is 5.86. The normalized spacial score (nSPS) is 41.6. The van der Waals surface area contributed by atoms with Crippen molar-refractivity contribution in [2.45, 2.75) is 71.5 Å². The van der Waals surface area contributed by atoms with Crippen molar-refractivity contribution in [2.75, 3.05) is 6.61 Å². The second-order valence-electron chi connectivity index (χ2n) is 6.72. The van der Waals surface area contributed by atoms with Gasteiger partial charge in [-0.15, -0.1) is 0 Å². The van der Waals surface area contributed by atoms with Crippen molar-refractivity contribution in [3.05, 3.63) is 23.3 Å². The van der Waals surface area contributed by atoms with E-state index >= 15 is 0 Å². The van der Waals surface area contributed by atoms with Crippen LogP contribution in [0.5, 0.6) is 0 Å². The molecule has 2 nitrogen and oxygen atoms in total. The molecule has 2 rings (SSSR count). The topological polar surface area (TPSA) is 32.8 Å². The fourth-order valence-corrected chi connectivity index (χ4v) is 3.30. The van der Waals surface area contributed by atoms with Crippen LogP contribution in [-0.4, -0.2) is 23.9 Å². The Morgan fingerprint density at radius 2 is 1.80 bits per heavy atom. The van der Waals surface area contributed by atoms with E-state index in [9.17, 15) is 5.11 Å². The fraction of sp³-hybridized carbons (Fsp3) is 0.778. The highest BCUT2D eigenvalue weighted by atomic mass is 16.6. The maximum atomic E-state index is 9.66. The summed E-state index contributed by atoms with van der Waals surface area (Å²) >= 11 is 0. The molecule has 2 heteroatoms. The zero-order valence-electron chi connectivity index (χ0n) is 13.3. The third-order valence-electron chi connectivity index (χ3n) is 4.95. The van der Waals surface area contributed by atoms with E-state index < -0.39 is 0 Å². The molecule has 1 N–H and O–H groups in total. The van der Waals surface area contributed by atoms with Gasteiger partial charge in [0, 0.05) is 12.5 Å². The third-order valence-corrected chi connectivity index (χ3v) is 4.95. The molecule has 0 saturated carbocycles. The second-order valence-corrected chi connectivity index (χ2v) is 6.72. The van der Waals surface area contributed by atoms with Gasteiger partial charge in [-0.2, -0.15) is 0 Å². The van der Waals surface area contributed by atoms with Crippen LogP contribution in [0.3, 0.4) is 0 Å². The Balaban J connectivity index is 2.00. The van der Waals surface area contributed by atoms with Crippen molar-refractivity contribution in [3.8, 4) is 0 Å². The highest BCUT2D eigenvalue weighted by Gasteiger charge is 2.45. The summed E-state index contributed by atoms with van der Waals surface area (Å²) in [6.45, 7) is 7.00. The smallest absolute Gasteiger partial charge is 0.0894 e. The van der Waals surface area contributed by atoms with Crippen molar-refractivity contribution >= 4 is 0 Å². The predicted molar refractivity (Wildman–Crippen MR) is 83.6 cm³/mol. The number of rotatable bonds is 1. The molecule has 1 aliphatic heterocycles. The number of epoxide rings is 1. The van der Waals surface area contributed by atoms with Crippen LogP contribution in [0.15, 0.2) is 23.3 Å². The van der Waals surface area contributed by atoms with Crippen molar-refractivity contribution in [1.82, 2.24) is 0 Å². The Labute approximate surface area is 123 Å². The fourth-order valence-electron chi connectivity index (χ4n) is 3.30. The Hall–Kier alpha value is -0.600. The van der Waals surface area contributed by atoms with E-state index in [4.69, 9.17) is 4.74 Å². The van der Waals surface area contributed by atoms with E-state index in [2.05, 4.69) is 32.9 Å². The number of aliphatic hydroxyl groups is 1. The summed E-state index contributed by atoms with van der Waals surface area (Å²) in [5.41, 5.74) is 2.98. The highest BCUT2D eigenvalue weighted by molar-refractivity contribution is 5.05. The van der Waals surface area contributed by atoms with Gasteiger partial charge in [0.2, 0.25) is 0 Å². The molecule has 0 radical (unpaired) electrons. The molecular weight excluding hydrogens is 248 g/mol. The number of aliphatic hydroxyl groups excluding tert-OH is 1. The molecule has 0 amide bonds. The van der Waals surface area contributed by atoms with Crippen molar-refractivity contribution in [3.63, 3.8) is 0 Å². The molecule has 0 bridgehead atoms. The lowest BCUT2D eigenvalue weighted by molar-refractivity contribution is 0.145. The summed E-state index contributed by atoms with van der Waals surface area (Å²) in [5, 5.41) is 9.66. The molecule has 114 valence electrons. The Morgan fingerprint density at radius 3 is 2.55 bits per heavy atom. The van der Waals surface area contributed by atoms with E-state index in [-0.39, 0.29) is 6.61 Å². The van der Waals surface area contributed by atoms with Gasteiger partial charge >= 0.3 is 0 Å². The lowest BCUT2D eigenvalue weighted by atomic mass is 9.85. The lowest BCUT2D eigenvalue weighted by Crippen LogP contribution is -2.23. The summed E-state index contributed by atoms with van der Waals surface area (Å²) in [7, 11) is 0. The summed E-state index contributed by atoms with van der Waals surface area (Å²) in [6, 6.07) is 0. The SMILES string of the molecule is C/C1=C\CC[C@@H](C)[C@H](CO)[C@H]2OC2CC/C(C)=C/CC1. The van der Waals surface area contributed by atoms with Gasteiger partial charge in [0.15, 0.2) is 0 Å². The largest absolute Gasteiger partial charge is 0.396 e. The maximum absolute atomic E-state index is 9.66. The molecule has 0 aromatic heterocycles. The Bertz CT molecular complexity index is 370. The molecule has 1 heterocycles. The average Bonchev–Trinajstić information content (AvgIpc) is 3.16. The number of allylic oxidation sites excluding steroid dienone is 4. The number of hydrogen-bond acceptors (Lipinski definition) is 2. The van der Waals surface area contributed by atoms with Crippen molar-refractivity contribution in [2.24, 2.45) is 11.8 Å². The van der Waals surface area contributed by atoms with Gasteiger partial charge in [0.1, 0.15) is 0 Å². The zero-order valence-corrected chi connectivity index (χ0v) is 13.3. The molecule has 2 aliphatic rings. The summed E-state index contributed by atoms with van der Waals surface area (Å²) in [5.74, 6) is 0.861. The van der Waals surface area contributed by atoms with Gasteiger partial charge in [0.05, 0.1) is 12.2 Å². The first-order valence-corrected chi connectivity index (χ1v) is 8.19. The first-order chi connectivity index (χ1) is 9.61. The van der Waals surface area contributed by atoms with Crippen LogP contribution in [0, 0.1) is 11.8 Å². The monoisotopic (exact) mass is 278 g/mol. The quantitative estimate of drug-likeness (QED) is 0.574. The van der Waals surface area contributed by atoms with Gasteiger partial charge in [-0.05, 0) is 58.3 Å². The van der Waals surface area contributed by atoms with Crippen LogP contribution < -0.4 is 0 Å². The number of fused-ring (bicyclic) bond motifs is 1. The molecule has 0 aromatic carbocycles. The molecule has 1 unspecified atom stereocenters. The predicted octanol–water partition coefficient (Wildman–Crippen LogP) is 4.25. The van der Waals surface area contributed by atoms with E-state index in [1.54, 1.807) is 0 Å². The van der Waals surface area contributed by atoms with Crippen LogP contribution >= 0.6 is 0 Å². The van der Waals surface area contributed by atoms with Crippen LogP contribution in [0.25, 0.3) is 0 Å². The standard InChI is InChI=1S/C18H30O2/c1-13-6-4-7-14(2)10-11-17-18(20-17)16(12-19)15(3)9-5-8-13/h7-8,15-19H,4-6,9-12H2,1-3H3/b13-8+,14-7+/t15-,16+,17?,18-/m1/s1. The van der Waals surface area contributed by atoms with Crippen LogP contribution in [0.2, 0.25) is 0 Å². The molecule has 0 aromatic rings. The number of ether oxygens (including phenoxy) is 1. The molecule has 4 atom stereocenters. The van der Waals surface area contributed by atoms with Crippen LogP contribution in [-0.2, 0) is 4.74 Å². The van der Waals surface area contributed by atoms with Gasteiger partial charge in [-0.25, -0.2) is 0 Å². The minimum absolute atomic E-state index is 0.264. The maximum Gasteiger partial charge on any atom is 0.0894 e. The minimum Gasteiger partial charge on any atom is -0.396 e. The Morgan fingerprint density at radius 1 is 1.10 bits per heavy atom. The van der Waals surface area contributed by atoms with Gasteiger partial charge in [-0.3, -0.25) is 0 Å². The van der Waals surface area contributed by atoms with Crippen LogP contribution in [0.4, 0.5) is 0 Å². The first-order valence-electron chi connectivity index (χ1n) is 8.19. The third kappa shape index (κ3) is 4.46. The molecule has 0 spiro atoms. The zero-order chi connectivity index (χ0) is 14.5. The van der Waals surface area contributed by atoms with E-state index in [1.165, 1.54) is 17.6 Å². The second kappa shape index (κ2) is 7.42. The van der Waals surface area contributed by atoms with E-state index in [0.29, 0.717) is 24.0 Å². The number of hydrogen-bond donors (Lipinski definition) is 1. The molecule has 20 heavy (non-hydrogen) atoms. The first kappa shape index (κ1) is 15.8. The average molecular weight is 278 g/mol. The molecule has 1 fully saturated rings. The van der Waals surface area contributed by atoms with E-state index in [1.807, 2.05) is 0 Å². The minimum atomic E-state index is 0.264. The van der Waals surface area contributed by atoms with Gasteiger partial charge < -0.3 is 9.84 Å².